The topological polar surface area (TPSA) is 57.5 Å². The number of aliphatic hydroxyl groups is 1. The molecular formula is C9H16O3. The van der Waals surface area contributed by atoms with E-state index in [0.29, 0.717) is 6.42 Å². The maximum Gasteiger partial charge on any atom is 0.309 e. The number of aliphatic carboxylic acids is 1. The molecule has 0 rings (SSSR count). The molecular weight excluding hydrogens is 156 g/mol. The SMILES string of the molecule is CC(C)=CC[C@H](C(=O)O)[C@H](C)O. The first-order valence-electron chi connectivity index (χ1n) is 3.99. The van der Waals surface area contributed by atoms with Gasteiger partial charge in [-0.2, -0.15) is 0 Å². The molecule has 0 aromatic rings. The molecule has 0 aliphatic rings. The van der Waals surface area contributed by atoms with Crippen LogP contribution in [0.25, 0.3) is 0 Å². The molecule has 12 heavy (non-hydrogen) atoms. The fourth-order valence-corrected chi connectivity index (χ4v) is 0.867. The molecule has 0 unspecified atom stereocenters. The van der Waals surface area contributed by atoms with Crippen LogP contribution in [-0.2, 0) is 4.79 Å². The normalized spacial score (nSPS) is 15.0. The Morgan fingerprint density at radius 2 is 2.00 bits per heavy atom. The van der Waals surface area contributed by atoms with Crippen molar-refractivity contribution in [2.75, 3.05) is 0 Å². The van der Waals surface area contributed by atoms with E-state index in [-0.39, 0.29) is 0 Å². The molecule has 2 N–H and O–H groups in total. The van der Waals surface area contributed by atoms with Crippen LogP contribution in [0.1, 0.15) is 27.2 Å². The highest BCUT2D eigenvalue weighted by Crippen LogP contribution is 2.11. The van der Waals surface area contributed by atoms with Crippen LogP contribution >= 0.6 is 0 Å². The van der Waals surface area contributed by atoms with Gasteiger partial charge in [0.2, 0.25) is 0 Å². The van der Waals surface area contributed by atoms with Crippen molar-refractivity contribution in [3.05, 3.63) is 11.6 Å². The molecule has 0 fully saturated rings. The summed E-state index contributed by atoms with van der Waals surface area (Å²) in [5.74, 6) is -1.62. The van der Waals surface area contributed by atoms with Gasteiger partial charge in [-0.3, -0.25) is 4.79 Å². The van der Waals surface area contributed by atoms with Crippen LogP contribution in [0.4, 0.5) is 0 Å². The highest BCUT2D eigenvalue weighted by atomic mass is 16.4. The minimum absolute atomic E-state index is 0.398. The summed E-state index contributed by atoms with van der Waals surface area (Å²) >= 11 is 0. The van der Waals surface area contributed by atoms with Crippen molar-refractivity contribution in [3.8, 4) is 0 Å². The molecule has 0 spiro atoms. The van der Waals surface area contributed by atoms with Crippen molar-refractivity contribution < 1.29 is 15.0 Å². The number of allylic oxidation sites excluding steroid dienone is 2. The maximum atomic E-state index is 10.6. The number of carbonyl (C=O) groups is 1. The number of carboxylic acid groups (broad SMARTS) is 1. The highest BCUT2D eigenvalue weighted by Gasteiger charge is 2.21. The quantitative estimate of drug-likeness (QED) is 0.630. The van der Waals surface area contributed by atoms with E-state index in [1.807, 2.05) is 19.9 Å². The first-order chi connectivity index (χ1) is 5.45. The largest absolute Gasteiger partial charge is 0.481 e. The summed E-state index contributed by atoms with van der Waals surface area (Å²) in [6.07, 6.45) is 1.43. The Kier molecular flexibility index (Phi) is 4.59. The zero-order chi connectivity index (χ0) is 9.72. The third-order valence-electron chi connectivity index (χ3n) is 1.68. The molecule has 0 heterocycles. The smallest absolute Gasteiger partial charge is 0.309 e. The lowest BCUT2D eigenvalue weighted by Crippen LogP contribution is -2.24. The van der Waals surface area contributed by atoms with Gasteiger partial charge in [-0.25, -0.2) is 0 Å². The molecule has 0 saturated carbocycles. The van der Waals surface area contributed by atoms with Crippen LogP contribution in [0.3, 0.4) is 0 Å². The summed E-state index contributed by atoms with van der Waals surface area (Å²) in [4.78, 5) is 10.6. The first-order valence-corrected chi connectivity index (χ1v) is 3.99. The van der Waals surface area contributed by atoms with Crippen LogP contribution in [0.5, 0.6) is 0 Å². The highest BCUT2D eigenvalue weighted by molar-refractivity contribution is 5.70. The molecule has 0 aromatic heterocycles. The summed E-state index contributed by atoms with van der Waals surface area (Å²) in [7, 11) is 0. The second kappa shape index (κ2) is 4.93. The molecule has 0 aliphatic carbocycles. The standard InChI is InChI=1S/C9H16O3/c1-6(2)4-5-8(7(3)10)9(11)12/h4,7-8,10H,5H2,1-3H3,(H,11,12)/t7-,8-/m0/s1. The fraction of sp³-hybridized carbons (Fsp3) is 0.667. The predicted octanol–water partition coefficient (Wildman–Crippen LogP) is 1.42. The zero-order valence-corrected chi connectivity index (χ0v) is 7.74. The predicted molar refractivity (Wildman–Crippen MR) is 46.9 cm³/mol. The Morgan fingerprint density at radius 3 is 2.25 bits per heavy atom. The van der Waals surface area contributed by atoms with Gasteiger partial charge in [0.05, 0.1) is 12.0 Å². The summed E-state index contributed by atoms with van der Waals surface area (Å²) in [5, 5.41) is 17.8. The summed E-state index contributed by atoms with van der Waals surface area (Å²) in [5.41, 5.74) is 1.07. The molecule has 0 aromatic carbocycles. The second-order valence-electron chi connectivity index (χ2n) is 3.20. The molecule has 0 saturated heterocycles. The van der Waals surface area contributed by atoms with Crippen molar-refractivity contribution in [2.24, 2.45) is 5.92 Å². The van der Waals surface area contributed by atoms with Crippen LogP contribution in [-0.4, -0.2) is 22.3 Å². The zero-order valence-electron chi connectivity index (χ0n) is 7.74. The Hall–Kier alpha value is -0.830. The van der Waals surface area contributed by atoms with Gasteiger partial charge in [-0.05, 0) is 27.2 Å². The lowest BCUT2D eigenvalue weighted by atomic mass is 9.99. The number of carboxylic acids is 1. The van der Waals surface area contributed by atoms with E-state index in [1.54, 1.807) is 0 Å². The van der Waals surface area contributed by atoms with Gasteiger partial charge in [0, 0.05) is 0 Å². The molecule has 0 radical (unpaired) electrons. The van der Waals surface area contributed by atoms with Gasteiger partial charge in [0.1, 0.15) is 0 Å². The monoisotopic (exact) mass is 172 g/mol. The van der Waals surface area contributed by atoms with Crippen molar-refractivity contribution in [1.29, 1.82) is 0 Å². The van der Waals surface area contributed by atoms with Gasteiger partial charge in [-0.1, -0.05) is 11.6 Å². The molecule has 0 aliphatic heterocycles. The van der Waals surface area contributed by atoms with E-state index in [9.17, 15) is 4.79 Å². The number of rotatable bonds is 4. The summed E-state index contributed by atoms with van der Waals surface area (Å²) in [6, 6.07) is 0. The van der Waals surface area contributed by atoms with Crippen molar-refractivity contribution in [2.45, 2.75) is 33.3 Å². The lowest BCUT2D eigenvalue weighted by molar-refractivity contribution is -0.145. The van der Waals surface area contributed by atoms with Crippen LogP contribution in [0.2, 0.25) is 0 Å². The van der Waals surface area contributed by atoms with E-state index in [1.165, 1.54) is 6.92 Å². The molecule has 0 amide bonds. The van der Waals surface area contributed by atoms with Gasteiger partial charge < -0.3 is 10.2 Å². The average Bonchev–Trinajstić information content (AvgIpc) is 1.84. The number of aliphatic hydroxyl groups excluding tert-OH is 1. The minimum atomic E-state index is -0.942. The van der Waals surface area contributed by atoms with E-state index < -0.39 is 18.0 Å². The van der Waals surface area contributed by atoms with E-state index in [4.69, 9.17) is 10.2 Å². The fourth-order valence-electron chi connectivity index (χ4n) is 0.867. The second-order valence-corrected chi connectivity index (χ2v) is 3.20. The third kappa shape index (κ3) is 4.13. The number of hydrogen-bond acceptors (Lipinski definition) is 2. The van der Waals surface area contributed by atoms with E-state index in [2.05, 4.69) is 0 Å². The van der Waals surface area contributed by atoms with Crippen LogP contribution in [0, 0.1) is 5.92 Å². The van der Waals surface area contributed by atoms with E-state index in [0.717, 1.165) is 5.57 Å². The Labute approximate surface area is 72.7 Å². The number of hydrogen-bond donors (Lipinski definition) is 2. The van der Waals surface area contributed by atoms with Gasteiger partial charge in [0.15, 0.2) is 0 Å². The lowest BCUT2D eigenvalue weighted by Gasteiger charge is -2.12. The van der Waals surface area contributed by atoms with Gasteiger partial charge in [0.25, 0.3) is 0 Å². The van der Waals surface area contributed by atoms with Crippen LogP contribution < -0.4 is 0 Å². The van der Waals surface area contributed by atoms with Crippen molar-refractivity contribution in [3.63, 3.8) is 0 Å². The molecule has 3 nitrogen and oxygen atoms in total. The Bertz CT molecular complexity index is 178. The molecule has 2 atom stereocenters. The minimum Gasteiger partial charge on any atom is -0.481 e. The van der Waals surface area contributed by atoms with Crippen molar-refractivity contribution in [1.82, 2.24) is 0 Å². The third-order valence-corrected chi connectivity index (χ3v) is 1.68. The maximum absolute atomic E-state index is 10.6. The first kappa shape index (κ1) is 11.2. The van der Waals surface area contributed by atoms with Gasteiger partial charge in [-0.15, -0.1) is 0 Å². The molecule has 70 valence electrons. The molecule has 3 heteroatoms. The van der Waals surface area contributed by atoms with Crippen molar-refractivity contribution >= 4 is 5.97 Å². The van der Waals surface area contributed by atoms with Gasteiger partial charge >= 0.3 is 5.97 Å². The Morgan fingerprint density at radius 1 is 1.50 bits per heavy atom. The Balaban J connectivity index is 4.15. The average molecular weight is 172 g/mol. The summed E-state index contributed by atoms with van der Waals surface area (Å²) in [6.45, 7) is 5.31. The molecule has 0 bridgehead atoms. The summed E-state index contributed by atoms with van der Waals surface area (Å²) < 4.78 is 0. The van der Waals surface area contributed by atoms with Crippen LogP contribution in [0.15, 0.2) is 11.6 Å². The van der Waals surface area contributed by atoms with E-state index >= 15 is 0 Å².